The molecule has 6 heteroatoms. The maximum Gasteiger partial charge on any atom is 0.247 e. The average molecular weight is 423 g/mol. The van der Waals surface area contributed by atoms with Gasteiger partial charge in [0.25, 0.3) is 0 Å². The monoisotopic (exact) mass is 422 g/mol. The molecule has 0 N–H and O–H groups in total. The van der Waals surface area contributed by atoms with Gasteiger partial charge < -0.3 is 14.4 Å². The molecule has 3 rings (SSSR count). The Kier molecular flexibility index (Phi) is 8.05. The van der Waals surface area contributed by atoms with Gasteiger partial charge in [0.15, 0.2) is 18.1 Å². The van der Waals surface area contributed by atoms with Gasteiger partial charge in [0.2, 0.25) is 5.91 Å². The molecule has 1 aliphatic rings. The normalized spacial score (nSPS) is 14.2. The highest BCUT2D eigenvalue weighted by Gasteiger charge is 2.24. The molecule has 0 heterocycles. The number of nitriles is 1. The largest absolute Gasteiger partial charge is 0.493 e. The van der Waals surface area contributed by atoms with Gasteiger partial charge in [-0.2, -0.15) is 5.26 Å². The Morgan fingerprint density at radius 2 is 1.90 bits per heavy atom. The summed E-state index contributed by atoms with van der Waals surface area (Å²) in [6, 6.07) is 13.7. The van der Waals surface area contributed by atoms with Gasteiger partial charge in [-0.15, -0.1) is 0 Å². The summed E-state index contributed by atoms with van der Waals surface area (Å²) in [7, 11) is 1.53. The van der Waals surface area contributed by atoms with Gasteiger partial charge >= 0.3 is 0 Å². The third-order valence-corrected chi connectivity index (χ3v) is 5.46. The van der Waals surface area contributed by atoms with Gasteiger partial charge in [-0.25, -0.2) is 4.39 Å². The lowest BCUT2D eigenvalue weighted by molar-refractivity contribution is -0.129. The van der Waals surface area contributed by atoms with Crippen molar-refractivity contribution < 1.29 is 18.7 Å². The van der Waals surface area contributed by atoms with Crippen molar-refractivity contribution in [1.82, 2.24) is 4.90 Å². The Hall–Kier alpha value is -3.33. The van der Waals surface area contributed by atoms with Gasteiger partial charge in [0, 0.05) is 18.7 Å². The fraction of sp³-hybridized carbons (Fsp3) is 0.360. The second-order valence-electron chi connectivity index (χ2n) is 7.57. The number of ether oxygens (including phenoxy) is 2. The van der Waals surface area contributed by atoms with Gasteiger partial charge in [0.1, 0.15) is 11.9 Å². The number of hydrogen-bond acceptors (Lipinski definition) is 4. The second-order valence-corrected chi connectivity index (χ2v) is 7.57. The predicted octanol–water partition coefficient (Wildman–Crippen LogP) is 5.11. The molecule has 1 amide bonds. The van der Waals surface area contributed by atoms with Crippen molar-refractivity contribution >= 4 is 12.0 Å². The molecule has 2 aromatic carbocycles. The van der Waals surface area contributed by atoms with Gasteiger partial charge in [-0.1, -0.05) is 37.5 Å². The molecule has 2 aromatic rings. The molecule has 162 valence electrons. The maximum absolute atomic E-state index is 13.3. The smallest absolute Gasteiger partial charge is 0.247 e. The Balaban J connectivity index is 1.76. The number of hydrogen-bond donors (Lipinski definition) is 0. The highest BCUT2D eigenvalue weighted by atomic mass is 19.1. The van der Waals surface area contributed by atoms with Crippen molar-refractivity contribution in [3.63, 3.8) is 0 Å². The number of carbonyl (C=O) groups excluding carboxylic acids is 1. The molecule has 0 aromatic heterocycles. The van der Waals surface area contributed by atoms with Gasteiger partial charge in [0.05, 0.1) is 7.11 Å². The average Bonchev–Trinajstić information content (AvgIpc) is 2.81. The van der Waals surface area contributed by atoms with Crippen LogP contribution in [0.25, 0.3) is 6.08 Å². The first kappa shape index (κ1) is 22.4. The summed E-state index contributed by atoms with van der Waals surface area (Å²) in [5.74, 6) is 0.628. The van der Waals surface area contributed by atoms with Crippen LogP contribution in [0.15, 0.2) is 48.5 Å². The van der Waals surface area contributed by atoms with E-state index in [0.29, 0.717) is 18.0 Å². The quantitative estimate of drug-likeness (QED) is 0.555. The third-order valence-electron chi connectivity index (χ3n) is 5.46. The van der Waals surface area contributed by atoms with Crippen molar-refractivity contribution in [2.75, 3.05) is 13.7 Å². The van der Waals surface area contributed by atoms with E-state index in [2.05, 4.69) is 0 Å². The summed E-state index contributed by atoms with van der Waals surface area (Å²) in [6.07, 6.45) is 8.72. The molecule has 1 fully saturated rings. The molecule has 0 bridgehead atoms. The fourth-order valence-corrected chi connectivity index (χ4v) is 3.85. The molecule has 0 saturated heterocycles. The van der Waals surface area contributed by atoms with Crippen LogP contribution in [-0.2, 0) is 11.3 Å². The molecule has 1 aliphatic carbocycles. The van der Waals surface area contributed by atoms with E-state index in [1.54, 1.807) is 36.4 Å². The minimum absolute atomic E-state index is 0.0657. The number of rotatable bonds is 8. The number of halogens is 1. The van der Waals surface area contributed by atoms with Crippen molar-refractivity contribution in [3.05, 3.63) is 65.5 Å². The Labute approximate surface area is 182 Å². The van der Waals surface area contributed by atoms with Crippen molar-refractivity contribution in [3.8, 4) is 17.6 Å². The van der Waals surface area contributed by atoms with E-state index in [-0.39, 0.29) is 24.4 Å². The van der Waals surface area contributed by atoms with Crippen LogP contribution in [0.1, 0.15) is 43.2 Å². The minimum Gasteiger partial charge on any atom is -0.493 e. The lowest BCUT2D eigenvalue weighted by atomic mass is 9.93. The summed E-state index contributed by atoms with van der Waals surface area (Å²) in [6.45, 7) is 0.391. The summed E-state index contributed by atoms with van der Waals surface area (Å²) >= 11 is 0. The van der Waals surface area contributed by atoms with E-state index in [0.717, 1.165) is 36.8 Å². The molecule has 0 aliphatic heterocycles. The van der Waals surface area contributed by atoms with Crippen LogP contribution in [0, 0.1) is 17.1 Å². The molecular formula is C25H27FN2O3. The van der Waals surface area contributed by atoms with Crippen LogP contribution in [0.5, 0.6) is 11.5 Å². The number of nitrogens with zero attached hydrogens (tertiary/aromatic N) is 2. The lowest BCUT2D eigenvalue weighted by Gasteiger charge is -2.34. The zero-order chi connectivity index (χ0) is 22.1. The Morgan fingerprint density at radius 3 is 2.58 bits per heavy atom. The topological polar surface area (TPSA) is 62.6 Å². The number of methoxy groups -OCH3 is 1. The minimum atomic E-state index is -0.282. The second kappa shape index (κ2) is 11.2. The molecule has 31 heavy (non-hydrogen) atoms. The van der Waals surface area contributed by atoms with Gasteiger partial charge in [-0.3, -0.25) is 4.79 Å². The van der Waals surface area contributed by atoms with Crippen molar-refractivity contribution in [2.45, 2.75) is 44.7 Å². The van der Waals surface area contributed by atoms with Crippen LogP contribution < -0.4 is 9.47 Å². The fourth-order valence-electron chi connectivity index (χ4n) is 3.85. The third kappa shape index (κ3) is 6.32. The van der Waals surface area contributed by atoms with E-state index in [1.807, 2.05) is 17.0 Å². The molecule has 5 nitrogen and oxygen atoms in total. The molecule has 0 spiro atoms. The molecule has 0 unspecified atom stereocenters. The molecular weight excluding hydrogens is 395 g/mol. The van der Waals surface area contributed by atoms with Crippen LogP contribution in [0.2, 0.25) is 0 Å². The van der Waals surface area contributed by atoms with Crippen molar-refractivity contribution in [1.29, 1.82) is 5.26 Å². The van der Waals surface area contributed by atoms with Crippen LogP contribution in [0.4, 0.5) is 4.39 Å². The first-order valence-electron chi connectivity index (χ1n) is 10.5. The number of benzene rings is 2. The highest BCUT2D eigenvalue weighted by Crippen LogP contribution is 2.29. The van der Waals surface area contributed by atoms with E-state index in [9.17, 15) is 9.18 Å². The highest BCUT2D eigenvalue weighted by molar-refractivity contribution is 5.92. The summed E-state index contributed by atoms with van der Waals surface area (Å²) in [4.78, 5) is 15.0. The Bertz CT molecular complexity index is 944. The SMILES string of the molecule is COc1cc(/C=C/C(=O)N(Cc2ccc(F)cc2)C2CCCCC2)ccc1OCC#N. The number of amides is 1. The predicted molar refractivity (Wildman–Crippen MR) is 117 cm³/mol. The summed E-state index contributed by atoms with van der Waals surface area (Å²) < 4.78 is 23.9. The maximum atomic E-state index is 13.3. The van der Waals surface area contributed by atoms with E-state index >= 15 is 0 Å². The standard InChI is InChI=1S/C25H27FN2O3/c1-30-24-17-19(9-13-23(24)31-16-15-27)10-14-25(29)28(22-5-3-2-4-6-22)18-20-7-11-21(26)12-8-20/h7-14,17,22H,2-6,16,18H2,1H3/b14-10+. The van der Waals surface area contributed by atoms with E-state index in [4.69, 9.17) is 14.7 Å². The van der Waals surface area contributed by atoms with E-state index < -0.39 is 0 Å². The van der Waals surface area contributed by atoms with Gasteiger partial charge in [-0.05, 0) is 54.3 Å². The van der Waals surface area contributed by atoms with E-state index in [1.165, 1.54) is 25.7 Å². The zero-order valence-electron chi connectivity index (χ0n) is 17.7. The van der Waals surface area contributed by atoms with Crippen molar-refractivity contribution in [2.24, 2.45) is 0 Å². The molecule has 1 saturated carbocycles. The van der Waals surface area contributed by atoms with Crippen LogP contribution in [0.3, 0.4) is 0 Å². The molecule has 0 atom stereocenters. The molecule has 0 radical (unpaired) electrons. The Morgan fingerprint density at radius 1 is 1.16 bits per heavy atom. The van der Waals surface area contributed by atoms with Crippen LogP contribution in [-0.4, -0.2) is 30.6 Å². The zero-order valence-corrected chi connectivity index (χ0v) is 17.7. The first-order valence-corrected chi connectivity index (χ1v) is 10.5. The first-order chi connectivity index (χ1) is 15.1. The number of carbonyl (C=O) groups is 1. The van der Waals surface area contributed by atoms with Crippen LogP contribution >= 0.6 is 0 Å². The summed E-state index contributed by atoms with van der Waals surface area (Å²) in [5.41, 5.74) is 1.70. The summed E-state index contributed by atoms with van der Waals surface area (Å²) in [5, 5.41) is 8.68. The lowest BCUT2D eigenvalue weighted by Crippen LogP contribution is -2.40.